The molecule has 0 radical (unpaired) electrons. The van der Waals surface area contributed by atoms with E-state index in [1.165, 1.54) is 12.1 Å². The molecule has 4 nitrogen and oxygen atoms in total. The van der Waals surface area contributed by atoms with Crippen LogP contribution in [0.4, 0.5) is 10.2 Å². The highest BCUT2D eigenvalue weighted by atomic mass is 32.1. The fraction of sp³-hybridized carbons (Fsp3) is 0.143. The fourth-order valence-corrected chi connectivity index (χ4v) is 2.51. The third kappa shape index (κ3) is 6.04. The first-order chi connectivity index (χ1) is 13.1. The summed E-state index contributed by atoms with van der Waals surface area (Å²) < 4.78 is 18.6. The predicted molar refractivity (Wildman–Crippen MR) is 109 cm³/mol. The zero-order valence-corrected chi connectivity index (χ0v) is 15.7. The summed E-state index contributed by atoms with van der Waals surface area (Å²) in [5.41, 5.74) is 3.09. The lowest BCUT2D eigenvalue weighted by Crippen LogP contribution is -2.28. The highest BCUT2D eigenvalue weighted by Gasteiger charge is 2.01. The second-order valence-corrected chi connectivity index (χ2v) is 6.50. The Morgan fingerprint density at radius 3 is 2.37 bits per heavy atom. The summed E-state index contributed by atoms with van der Waals surface area (Å²) in [4.78, 5) is 4.26. The molecule has 3 aromatic rings. The van der Waals surface area contributed by atoms with Crippen LogP contribution in [0.15, 0.2) is 66.9 Å². The van der Waals surface area contributed by atoms with Crippen LogP contribution in [0.1, 0.15) is 16.7 Å². The van der Waals surface area contributed by atoms with Crippen molar-refractivity contribution in [2.24, 2.45) is 0 Å². The quantitative estimate of drug-likeness (QED) is 0.611. The van der Waals surface area contributed by atoms with Crippen molar-refractivity contribution < 1.29 is 9.13 Å². The molecule has 0 saturated carbocycles. The second-order valence-electron chi connectivity index (χ2n) is 6.09. The smallest absolute Gasteiger partial charge is 0.172 e. The first-order valence-electron chi connectivity index (χ1n) is 8.52. The monoisotopic (exact) mass is 381 g/mol. The van der Waals surface area contributed by atoms with E-state index in [9.17, 15) is 4.39 Å². The number of ether oxygens (including phenoxy) is 1. The Kier molecular flexibility index (Phi) is 6.33. The molecule has 1 aromatic heterocycles. The summed E-state index contributed by atoms with van der Waals surface area (Å²) in [7, 11) is 0. The van der Waals surface area contributed by atoms with E-state index in [4.69, 9.17) is 17.0 Å². The SMILES string of the molecule is Cc1ccc(NC(=S)NCc2ccc(OCc3ccc(F)cc3)cc2)nc1. The summed E-state index contributed by atoms with van der Waals surface area (Å²) in [6, 6.07) is 17.9. The molecule has 1 heterocycles. The number of rotatable bonds is 6. The van der Waals surface area contributed by atoms with Crippen molar-refractivity contribution >= 4 is 23.1 Å². The molecule has 27 heavy (non-hydrogen) atoms. The van der Waals surface area contributed by atoms with Gasteiger partial charge in [-0.25, -0.2) is 9.37 Å². The van der Waals surface area contributed by atoms with Crippen LogP contribution >= 0.6 is 12.2 Å². The molecule has 0 fully saturated rings. The normalized spacial score (nSPS) is 10.3. The van der Waals surface area contributed by atoms with Crippen LogP contribution in [0.5, 0.6) is 5.75 Å². The van der Waals surface area contributed by atoms with Crippen LogP contribution in [0.25, 0.3) is 0 Å². The predicted octanol–water partition coefficient (Wildman–Crippen LogP) is 4.59. The molecule has 2 N–H and O–H groups in total. The molecule has 0 spiro atoms. The van der Waals surface area contributed by atoms with Gasteiger partial charge in [0.1, 0.15) is 24.0 Å². The van der Waals surface area contributed by atoms with Gasteiger partial charge in [0.05, 0.1) is 0 Å². The van der Waals surface area contributed by atoms with E-state index in [1.54, 1.807) is 18.3 Å². The Balaban J connectivity index is 1.45. The van der Waals surface area contributed by atoms with Crippen LogP contribution in [0.2, 0.25) is 0 Å². The van der Waals surface area contributed by atoms with Crippen molar-refractivity contribution in [3.63, 3.8) is 0 Å². The van der Waals surface area contributed by atoms with Gasteiger partial charge in [0.2, 0.25) is 0 Å². The van der Waals surface area contributed by atoms with Crippen LogP contribution in [-0.2, 0) is 13.2 Å². The van der Waals surface area contributed by atoms with Crippen molar-refractivity contribution in [1.82, 2.24) is 10.3 Å². The highest BCUT2D eigenvalue weighted by molar-refractivity contribution is 7.80. The molecule has 6 heteroatoms. The van der Waals surface area contributed by atoms with Crippen molar-refractivity contribution in [3.8, 4) is 5.75 Å². The topological polar surface area (TPSA) is 46.2 Å². The number of hydrogen-bond acceptors (Lipinski definition) is 3. The minimum Gasteiger partial charge on any atom is -0.489 e. The third-order valence-electron chi connectivity index (χ3n) is 3.85. The summed E-state index contributed by atoms with van der Waals surface area (Å²) in [5.74, 6) is 1.22. The van der Waals surface area contributed by atoms with Gasteiger partial charge in [-0.1, -0.05) is 30.3 Å². The molecule has 0 aliphatic rings. The van der Waals surface area contributed by atoms with E-state index in [1.807, 2.05) is 43.3 Å². The van der Waals surface area contributed by atoms with Gasteiger partial charge in [-0.3, -0.25) is 0 Å². The maximum atomic E-state index is 12.9. The maximum absolute atomic E-state index is 12.9. The molecule has 0 bridgehead atoms. The van der Waals surface area contributed by atoms with Crippen molar-refractivity contribution in [3.05, 3.63) is 89.4 Å². The Hall–Kier alpha value is -2.99. The van der Waals surface area contributed by atoms with E-state index < -0.39 is 0 Å². The lowest BCUT2D eigenvalue weighted by molar-refractivity contribution is 0.306. The van der Waals surface area contributed by atoms with Crippen LogP contribution in [0, 0.1) is 12.7 Å². The summed E-state index contributed by atoms with van der Waals surface area (Å²) in [6.45, 7) is 2.98. The number of nitrogens with zero attached hydrogens (tertiary/aromatic N) is 1. The molecular weight excluding hydrogens is 361 g/mol. The molecular formula is C21H20FN3OS. The number of anilines is 1. The van der Waals surface area contributed by atoms with Crippen LogP contribution in [-0.4, -0.2) is 10.1 Å². The summed E-state index contributed by atoms with van der Waals surface area (Å²) >= 11 is 5.29. The average Bonchev–Trinajstić information content (AvgIpc) is 2.68. The summed E-state index contributed by atoms with van der Waals surface area (Å²) in [6.07, 6.45) is 1.79. The number of thiocarbonyl (C=S) groups is 1. The van der Waals surface area contributed by atoms with Crippen LogP contribution < -0.4 is 15.4 Å². The van der Waals surface area contributed by atoms with Gasteiger partial charge in [-0.05, 0) is 66.2 Å². The molecule has 0 aliphatic carbocycles. The van der Waals surface area contributed by atoms with Gasteiger partial charge in [-0.15, -0.1) is 0 Å². The van der Waals surface area contributed by atoms with E-state index in [-0.39, 0.29) is 5.82 Å². The Morgan fingerprint density at radius 2 is 1.70 bits per heavy atom. The van der Waals surface area contributed by atoms with Crippen molar-refractivity contribution in [2.75, 3.05) is 5.32 Å². The van der Waals surface area contributed by atoms with Gasteiger partial charge in [-0.2, -0.15) is 0 Å². The minimum absolute atomic E-state index is 0.249. The molecule has 3 rings (SSSR count). The van der Waals surface area contributed by atoms with Gasteiger partial charge < -0.3 is 15.4 Å². The minimum atomic E-state index is -0.249. The number of halogens is 1. The molecule has 0 unspecified atom stereocenters. The van der Waals surface area contributed by atoms with Crippen LogP contribution in [0.3, 0.4) is 0 Å². The number of aromatic nitrogens is 1. The fourth-order valence-electron chi connectivity index (χ4n) is 2.34. The number of pyridine rings is 1. The third-order valence-corrected chi connectivity index (χ3v) is 4.09. The van der Waals surface area contributed by atoms with E-state index in [2.05, 4.69) is 15.6 Å². The first-order valence-corrected chi connectivity index (χ1v) is 8.93. The average molecular weight is 381 g/mol. The highest BCUT2D eigenvalue weighted by Crippen LogP contribution is 2.14. The van der Waals surface area contributed by atoms with Gasteiger partial charge in [0.15, 0.2) is 5.11 Å². The van der Waals surface area contributed by atoms with Gasteiger partial charge in [0, 0.05) is 12.7 Å². The van der Waals surface area contributed by atoms with Crippen molar-refractivity contribution in [1.29, 1.82) is 0 Å². The van der Waals surface area contributed by atoms with Gasteiger partial charge in [0.25, 0.3) is 0 Å². The zero-order chi connectivity index (χ0) is 19.1. The molecule has 138 valence electrons. The number of hydrogen-bond donors (Lipinski definition) is 2. The number of benzene rings is 2. The zero-order valence-electron chi connectivity index (χ0n) is 14.9. The summed E-state index contributed by atoms with van der Waals surface area (Å²) in [5, 5.41) is 6.72. The Labute approximate surface area is 163 Å². The second kappa shape index (κ2) is 9.09. The van der Waals surface area contributed by atoms with E-state index >= 15 is 0 Å². The number of nitrogens with one attached hydrogen (secondary N) is 2. The maximum Gasteiger partial charge on any atom is 0.172 e. The molecule has 0 amide bonds. The van der Waals surface area contributed by atoms with E-state index in [0.717, 1.165) is 22.4 Å². The lowest BCUT2D eigenvalue weighted by atomic mass is 10.2. The molecule has 0 atom stereocenters. The molecule has 2 aromatic carbocycles. The Bertz CT molecular complexity index is 881. The number of aryl methyl sites for hydroxylation is 1. The standard InChI is InChI=1S/C21H20FN3OS/c1-15-2-11-20(23-12-15)25-21(27)24-13-16-5-9-19(10-6-16)26-14-17-3-7-18(22)8-4-17/h2-12H,13-14H2,1H3,(H2,23,24,25,27). The lowest BCUT2D eigenvalue weighted by Gasteiger charge is -2.11. The van der Waals surface area contributed by atoms with Gasteiger partial charge >= 0.3 is 0 Å². The van der Waals surface area contributed by atoms with Crippen molar-refractivity contribution in [2.45, 2.75) is 20.1 Å². The largest absolute Gasteiger partial charge is 0.489 e. The first kappa shape index (κ1) is 18.8. The van der Waals surface area contributed by atoms with E-state index in [0.29, 0.717) is 24.1 Å². The Morgan fingerprint density at radius 1 is 1.00 bits per heavy atom. The molecule has 0 saturated heterocycles. The molecule has 0 aliphatic heterocycles.